The Hall–Kier alpha value is -1.20. The zero-order valence-electron chi connectivity index (χ0n) is 8.76. The van der Waals surface area contributed by atoms with E-state index >= 15 is 0 Å². The number of hydrogen-bond donors (Lipinski definition) is 0. The first-order chi connectivity index (χ1) is 7.92. The molecule has 0 radical (unpaired) electrons. The summed E-state index contributed by atoms with van der Waals surface area (Å²) in [6.45, 7) is 0.858. The quantitative estimate of drug-likeness (QED) is 0.821. The molecule has 1 saturated heterocycles. The molecule has 1 aliphatic rings. The number of nitrogens with zero attached hydrogens (tertiary/aromatic N) is 2. The van der Waals surface area contributed by atoms with Crippen molar-refractivity contribution in [1.82, 2.24) is 10.1 Å². The molecule has 2 aromatic rings. The van der Waals surface area contributed by atoms with Gasteiger partial charge in [-0.15, -0.1) is 11.3 Å². The van der Waals surface area contributed by atoms with Crippen molar-refractivity contribution in [3.05, 3.63) is 23.4 Å². The van der Waals surface area contributed by atoms with Gasteiger partial charge in [-0.05, 0) is 24.3 Å². The molecular weight excluding hydrogens is 224 g/mol. The molecule has 1 fully saturated rings. The van der Waals surface area contributed by atoms with Gasteiger partial charge in [-0.3, -0.25) is 0 Å². The van der Waals surface area contributed by atoms with E-state index in [9.17, 15) is 0 Å². The standard InChI is InChI=1S/C11H12N2O2S/c1-3-8(14-5-1)7-10-12-11(13-15-10)9-4-2-6-16-9/h2,4,6,8H,1,3,5,7H2. The molecular formula is C11H12N2O2S. The van der Waals surface area contributed by atoms with Gasteiger partial charge in [0.05, 0.1) is 17.4 Å². The summed E-state index contributed by atoms with van der Waals surface area (Å²) in [4.78, 5) is 5.41. The Balaban J connectivity index is 1.72. The first kappa shape index (κ1) is 9.99. The van der Waals surface area contributed by atoms with Crippen LogP contribution in [0, 0.1) is 0 Å². The van der Waals surface area contributed by atoms with Crippen molar-refractivity contribution in [2.24, 2.45) is 0 Å². The summed E-state index contributed by atoms with van der Waals surface area (Å²) in [7, 11) is 0. The number of aromatic nitrogens is 2. The first-order valence-electron chi connectivity index (χ1n) is 5.40. The Labute approximate surface area is 97.2 Å². The van der Waals surface area contributed by atoms with Crippen molar-refractivity contribution in [2.75, 3.05) is 6.61 Å². The smallest absolute Gasteiger partial charge is 0.229 e. The highest BCUT2D eigenvalue weighted by atomic mass is 32.1. The number of rotatable bonds is 3. The van der Waals surface area contributed by atoms with Crippen LogP contribution in [-0.2, 0) is 11.2 Å². The van der Waals surface area contributed by atoms with E-state index in [4.69, 9.17) is 9.26 Å². The van der Waals surface area contributed by atoms with Crippen LogP contribution in [0.2, 0.25) is 0 Å². The van der Waals surface area contributed by atoms with Crippen LogP contribution in [0.3, 0.4) is 0 Å². The van der Waals surface area contributed by atoms with Crippen molar-refractivity contribution in [3.63, 3.8) is 0 Å². The second-order valence-electron chi connectivity index (χ2n) is 3.83. The fourth-order valence-electron chi connectivity index (χ4n) is 1.84. The minimum atomic E-state index is 0.261. The van der Waals surface area contributed by atoms with Gasteiger partial charge in [0.2, 0.25) is 11.7 Å². The van der Waals surface area contributed by atoms with E-state index in [-0.39, 0.29) is 6.10 Å². The molecule has 1 aliphatic heterocycles. The van der Waals surface area contributed by atoms with Gasteiger partial charge >= 0.3 is 0 Å². The summed E-state index contributed by atoms with van der Waals surface area (Å²) in [5.41, 5.74) is 0. The van der Waals surface area contributed by atoms with Crippen molar-refractivity contribution < 1.29 is 9.26 Å². The Bertz CT molecular complexity index is 446. The van der Waals surface area contributed by atoms with E-state index in [1.807, 2.05) is 17.5 Å². The second kappa shape index (κ2) is 4.35. The van der Waals surface area contributed by atoms with Gasteiger partial charge in [0, 0.05) is 6.61 Å². The Morgan fingerprint density at radius 2 is 2.50 bits per heavy atom. The van der Waals surface area contributed by atoms with Crippen LogP contribution in [0.5, 0.6) is 0 Å². The Kier molecular flexibility index (Phi) is 2.71. The first-order valence-corrected chi connectivity index (χ1v) is 6.28. The summed E-state index contributed by atoms with van der Waals surface area (Å²) in [6, 6.07) is 3.97. The summed E-state index contributed by atoms with van der Waals surface area (Å²) < 4.78 is 10.7. The molecule has 84 valence electrons. The van der Waals surface area contributed by atoms with E-state index in [1.54, 1.807) is 11.3 Å². The van der Waals surface area contributed by atoms with Crippen molar-refractivity contribution in [2.45, 2.75) is 25.4 Å². The third kappa shape index (κ3) is 2.01. The highest BCUT2D eigenvalue weighted by Crippen LogP contribution is 2.22. The fourth-order valence-corrected chi connectivity index (χ4v) is 2.49. The molecule has 0 aliphatic carbocycles. The zero-order valence-corrected chi connectivity index (χ0v) is 9.57. The predicted octanol–water partition coefficient (Wildman–Crippen LogP) is 2.52. The molecule has 3 heterocycles. The van der Waals surface area contributed by atoms with Crippen LogP contribution >= 0.6 is 11.3 Å². The molecule has 0 bridgehead atoms. The molecule has 16 heavy (non-hydrogen) atoms. The molecule has 4 nitrogen and oxygen atoms in total. The van der Waals surface area contributed by atoms with E-state index < -0.39 is 0 Å². The molecule has 0 N–H and O–H groups in total. The minimum Gasteiger partial charge on any atom is -0.378 e. The topological polar surface area (TPSA) is 48.2 Å². The normalized spacial score (nSPS) is 20.4. The lowest BCUT2D eigenvalue weighted by Crippen LogP contribution is -2.08. The van der Waals surface area contributed by atoms with Gasteiger partial charge in [-0.1, -0.05) is 11.2 Å². The van der Waals surface area contributed by atoms with E-state index in [1.165, 1.54) is 0 Å². The molecule has 0 spiro atoms. The van der Waals surface area contributed by atoms with Gasteiger partial charge in [-0.25, -0.2) is 0 Å². The molecule has 2 aromatic heterocycles. The summed E-state index contributed by atoms with van der Waals surface area (Å²) in [6.07, 6.45) is 3.22. The van der Waals surface area contributed by atoms with Crippen LogP contribution in [0.15, 0.2) is 22.0 Å². The van der Waals surface area contributed by atoms with E-state index in [0.717, 1.165) is 30.7 Å². The van der Waals surface area contributed by atoms with Gasteiger partial charge in [-0.2, -0.15) is 4.98 Å². The van der Waals surface area contributed by atoms with Gasteiger partial charge in [0.25, 0.3) is 0 Å². The Morgan fingerprint density at radius 3 is 3.25 bits per heavy atom. The number of ether oxygens (including phenoxy) is 1. The summed E-state index contributed by atoms with van der Waals surface area (Å²) in [5, 5.41) is 5.97. The third-order valence-corrected chi connectivity index (χ3v) is 3.50. The molecule has 1 unspecified atom stereocenters. The van der Waals surface area contributed by atoms with Crippen LogP contribution in [0.1, 0.15) is 18.7 Å². The largest absolute Gasteiger partial charge is 0.378 e. The van der Waals surface area contributed by atoms with Crippen molar-refractivity contribution >= 4 is 11.3 Å². The fraction of sp³-hybridized carbons (Fsp3) is 0.455. The lowest BCUT2D eigenvalue weighted by atomic mass is 10.2. The summed E-state index contributed by atoms with van der Waals surface area (Å²) in [5.74, 6) is 1.36. The molecule has 5 heteroatoms. The third-order valence-electron chi connectivity index (χ3n) is 2.64. The van der Waals surface area contributed by atoms with Gasteiger partial charge in [0.1, 0.15) is 0 Å². The van der Waals surface area contributed by atoms with Crippen molar-refractivity contribution in [1.29, 1.82) is 0 Å². The average molecular weight is 236 g/mol. The average Bonchev–Trinajstić information content (AvgIpc) is 2.99. The SMILES string of the molecule is c1csc(-c2noc(CC3CCCO3)n2)c1. The van der Waals surface area contributed by atoms with Crippen LogP contribution in [-0.4, -0.2) is 22.9 Å². The molecule has 3 rings (SSSR count). The molecule has 0 aromatic carbocycles. The maximum atomic E-state index is 5.53. The minimum absolute atomic E-state index is 0.261. The molecule has 0 saturated carbocycles. The maximum absolute atomic E-state index is 5.53. The maximum Gasteiger partial charge on any atom is 0.229 e. The van der Waals surface area contributed by atoms with Gasteiger partial charge < -0.3 is 9.26 Å². The lowest BCUT2D eigenvalue weighted by Gasteiger charge is -2.03. The van der Waals surface area contributed by atoms with Gasteiger partial charge in [0.15, 0.2) is 0 Å². The predicted molar refractivity (Wildman–Crippen MR) is 60.3 cm³/mol. The molecule has 0 amide bonds. The zero-order chi connectivity index (χ0) is 10.8. The number of thiophene rings is 1. The second-order valence-corrected chi connectivity index (χ2v) is 4.78. The number of hydrogen-bond acceptors (Lipinski definition) is 5. The van der Waals surface area contributed by atoms with Crippen LogP contribution in [0.25, 0.3) is 10.7 Å². The van der Waals surface area contributed by atoms with E-state index in [0.29, 0.717) is 11.7 Å². The Morgan fingerprint density at radius 1 is 1.50 bits per heavy atom. The van der Waals surface area contributed by atoms with Crippen LogP contribution in [0.4, 0.5) is 0 Å². The monoisotopic (exact) mass is 236 g/mol. The molecule has 1 atom stereocenters. The summed E-state index contributed by atoms with van der Waals surface area (Å²) >= 11 is 1.62. The van der Waals surface area contributed by atoms with Crippen molar-refractivity contribution in [3.8, 4) is 10.7 Å². The highest BCUT2D eigenvalue weighted by molar-refractivity contribution is 7.13. The highest BCUT2D eigenvalue weighted by Gasteiger charge is 2.19. The van der Waals surface area contributed by atoms with E-state index in [2.05, 4.69) is 10.1 Å². The lowest BCUT2D eigenvalue weighted by molar-refractivity contribution is 0.104. The van der Waals surface area contributed by atoms with Crippen LogP contribution < -0.4 is 0 Å².